The number of hydrogen-bond donors (Lipinski definition) is 2. The number of aldehydes is 2. The molecule has 0 amide bonds. The second kappa shape index (κ2) is 10.7. The van der Waals surface area contributed by atoms with Crippen LogP contribution >= 0.6 is 0 Å². The van der Waals surface area contributed by atoms with Crippen molar-refractivity contribution in [2.45, 2.75) is 52.4 Å². The van der Waals surface area contributed by atoms with Crippen molar-refractivity contribution in [2.24, 2.45) is 0 Å². The van der Waals surface area contributed by atoms with E-state index in [0.717, 1.165) is 21.9 Å². The molecule has 40 heavy (non-hydrogen) atoms. The molecule has 0 aliphatic heterocycles. The summed E-state index contributed by atoms with van der Waals surface area (Å²) in [4.78, 5) is 27.4. The fraction of sp³-hybridized carbons (Fsp3) is 0.229. The molecule has 0 aliphatic rings. The minimum atomic E-state index is -0.367. The first kappa shape index (κ1) is 28.1. The molecule has 1 aromatic heterocycles. The number of pyridine rings is 1. The molecule has 200 valence electrons. The fourth-order valence-electron chi connectivity index (χ4n) is 4.47. The van der Waals surface area contributed by atoms with E-state index in [1.54, 1.807) is 24.5 Å². The largest absolute Gasteiger partial charge is 0.507 e. The minimum absolute atomic E-state index is 0.0176. The van der Waals surface area contributed by atoms with Crippen LogP contribution in [-0.2, 0) is 10.8 Å². The van der Waals surface area contributed by atoms with Crippen LogP contribution in [0, 0.1) is 23.7 Å². The Morgan fingerprint density at radius 3 is 1.52 bits per heavy atom. The van der Waals surface area contributed by atoms with E-state index in [2.05, 4.69) is 28.7 Å². The topological polar surface area (TPSA) is 87.5 Å². The summed E-state index contributed by atoms with van der Waals surface area (Å²) in [5.41, 5.74) is 3.75. The second-order valence-electron chi connectivity index (χ2n) is 11.7. The van der Waals surface area contributed by atoms with Crippen molar-refractivity contribution in [3.63, 3.8) is 0 Å². The summed E-state index contributed by atoms with van der Waals surface area (Å²) in [5, 5.41) is 22.7. The van der Waals surface area contributed by atoms with Gasteiger partial charge in [0.1, 0.15) is 11.5 Å². The maximum Gasteiger partial charge on any atom is 0.153 e. The number of carbonyl (C=O) groups excluding carboxylic acids is 2. The Bertz CT molecular complexity index is 1650. The quantitative estimate of drug-likeness (QED) is 0.224. The van der Waals surface area contributed by atoms with Gasteiger partial charge < -0.3 is 10.2 Å². The van der Waals surface area contributed by atoms with Gasteiger partial charge >= 0.3 is 0 Å². The predicted octanol–water partition coefficient (Wildman–Crippen LogP) is 6.67. The third kappa shape index (κ3) is 5.75. The molecule has 2 N–H and O–H groups in total. The normalized spacial score (nSPS) is 11.2. The van der Waals surface area contributed by atoms with Gasteiger partial charge in [-0.05, 0) is 53.3 Å². The van der Waals surface area contributed by atoms with E-state index < -0.39 is 0 Å². The molecule has 0 unspecified atom stereocenters. The number of rotatable bonds is 2. The summed E-state index contributed by atoms with van der Waals surface area (Å²) in [6, 6.07) is 12.4. The predicted molar refractivity (Wildman–Crippen MR) is 158 cm³/mol. The van der Waals surface area contributed by atoms with E-state index in [0.29, 0.717) is 34.8 Å². The zero-order valence-electron chi connectivity index (χ0n) is 23.5. The van der Waals surface area contributed by atoms with Gasteiger partial charge in [0.15, 0.2) is 12.6 Å². The van der Waals surface area contributed by atoms with Crippen LogP contribution in [0.25, 0.3) is 10.8 Å². The first-order valence-corrected chi connectivity index (χ1v) is 12.9. The van der Waals surface area contributed by atoms with Crippen molar-refractivity contribution in [2.75, 3.05) is 0 Å². The number of hydrogen-bond acceptors (Lipinski definition) is 5. The Labute approximate surface area is 234 Å². The second-order valence-corrected chi connectivity index (χ2v) is 11.7. The molecule has 0 saturated carbocycles. The molecule has 0 saturated heterocycles. The maximum atomic E-state index is 11.6. The van der Waals surface area contributed by atoms with E-state index in [9.17, 15) is 19.8 Å². The average Bonchev–Trinajstić information content (AvgIpc) is 2.90. The summed E-state index contributed by atoms with van der Waals surface area (Å²) < 4.78 is 0. The van der Waals surface area contributed by atoms with Gasteiger partial charge in [0.2, 0.25) is 0 Å². The molecule has 4 rings (SSSR count). The molecule has 0 atom stereocenters. The standard InChI is InChI=1S/C35H31NO4/c1-34(2,3)30-17-22(15-26(20-37)32(30)39)7-9-24-11-12-25(29-19-36-14-13-28(24)29)10-8-23-16-27(21-38)33(40)31(18-23)35(4,5)6/h11-21,39-40H,1-6H3. The molecular formula is C35H31NO4. The molecule has 4 aromatic rings. The Balaban J connectivity index is 1.80. The van der Waals surface area contributed by atoms with Gasteiger partial charge in [-0.25, -0.2) is 0 Å². The van der Waals surface area contributed by atoms with Crippen molar-refractivity contribution in [1.82, 2.24) is 4.98 Å². The van der Waals surface area contributed by atoms with Gasteiger partial charge in [-0.15, -0.1) is 0 Å². The summed E-state index contributed by atoms with van der Waals surface area (Å²) in [7, 11) is 0. The van der Waals surface area contributed by atoms with Gasteiger partial charge in [-0.3, -0.25) is 14.6 Å². The number of fused-ring (bicyclic) bond motifs is 1. The molecule has 3 aromatic carbocycles. The van der Waals surface area contributed by atoms with Crippen molar-refractivity contribution in [3.05, 3.63) is 99.4 Å². The molecule has 0 spiro atoms. The lowest BCUT2D eigenvalue weighted by Gasteiger charge is -2.21. The number of nitrogens with zero attached hydrogens (tertiary/aromatic N) is 1. The smallest absolute Gasteiger partial charge is 0.153 e. The van der Waals surface area contributed by atoms with Crippen LogP contribution in [0.5, 0.6) is 11.5 Å². The molecule has 0 fully saturated rings. The monoisotopic (exact) mass is 529 g/mol. The number of carbonyl (C=O) groups is 2. The van der Waals surface area contributed by atoms with E-state index in [1.165, 1.54) is 0 Å². The lowest BCUT2D eigenvalue weighted by molar-refractivity contribution is 0.111. The van der Waals surface area contributed by atoms with Crippen LogP contribution in [0.3, 0.4) is 0 Å². The molecule has 5 heteroatoms. The van der Waals surface area contributed by atoms with Gasteiger partial charge in [0.25, 0.3) is 0 Å². The third-order valence-electron chi connectivity index (χ3n) is 6.65. The van der Waals surface area contributed by atoms with Crippen LogP contribution in [0.15, 0.2) is 54.9 Å². The first-order valence-electron chi connectivity index (χ1n) is 12.9. The fourth-order valence-corrected chi connectivity index (χ4v) is 4.47. The summed E-state index contributed by atoms with van der Waals surface area (Å²) in [6.07, 6.45) is 4.71. The molecule has 0 radical (unpaired) electrons. The van der Waals surface area contributed by atoms with Crippen molar-refractivity contribution in [1.29, 1.82) is 0 Å². The lowest BCUT2D eigenvalue weighted by Crippen LogP contribution is -2.12. The van der Waals surface area contributed by atoms with E-state index in [1.807, 2.05) is 71.9 Å². The molecule has 5 nitrogen and oxygen atoms in total. The van der Waals surface area contributed by atoms with Crippen LogP contribution in [0.2, 0.25) is 0 Å². The van der Waals surface area contributed by atoms with Gasteiger partial charge in [0, 0.05) is 56.5 Å². The molecule has 0 bridgehead atoms. The minimum Gasteiger partial charge on any atom is -0.507 e. The Morgan fingerprint density at radius 2 is 1.10 bits per heavy atom. The number of aromatic nitrogens is 1. The first-order chi connectivity index (χ1) is 18.8. The molecule has 0 aliphatic carbocycles. The van der Waals surface area contributed by atoms with Crippen LogP contribution in [0.4, 0.5) is 0 Å². The Hall–Kier alpha value is -4.87. The number of phenols is 2. The van der Waals surface area contributed by atoms with Crippen LogP contribution in [-0.4, -0.2) is 27.8 Å². The van der Waals surface area contributed by atoms with E-state index in [-0.39, 0.29) is 33.5 Å². The average molecular weight is 530 g/mol. The van der Waals surface area contributed by atoms with Crippen molar-refractivity contribution in [3.8, 4) is 35.2 Å². The van der Waals surface area contributed by atoms with Crippen molar-refractivity contribution >= 4 is 23.3 Å². The summed E-state index contributed by atoms with van der Waals surface area (Å²) >= 11 is 0. The third-order valence-corrected chi connectivity index (χ3v) is 6.65. The number of aromatic hydroxyl groups is 2. The highest BCUT2D eigenvalue weighted by Crippen LogP contribution is 2.35. The maximum absolute atomic E-state index is 11.6. The zero-order chi connectivity index (χ0) is 29.2. The summed E-state index contributed by atoms with van der Waals surface area (Å²) in [6.45, 7) is 11.8. The van der Waals surface area contributed by atoms with Crippen LogP contribution < -0.4 is 0 Å². The van der Waals surface area contributed by atoms with E-state index >= 15 is 0 Å². The number of phenolic OH excluding ortho intramolecular Hbond substituents is 2. The Kier molecular flexibility index (Phi) is 7.54. The molecule has 1 heterocycles. The summed E-state index contributed by atoms with van der Waals surface area (Å²) in [5.74, 6) is 12.7. The highest BCUT2D eigenvalue weighted by Gasteiger charge is 2.22. The number of benzene rings is 3. The van der Waals surface area contributed by atoms with Crippen molar-refractivity contribution < 1.29 is 19.8 Å². The molecular weight excluding hydrogens is 498 g/mol. The van der Waals surface area contributed by atoms with E-state index in [4.69, 9.17) is 0 Å². The van der Waals surface area contributed by atoms with Gasteiger partial charge in [0.05, 0.1) is 11.1 Å². The highest BCUT2D eigenvalue weighted by atomic mass is 16.3. The zero-order valence-corrected chi connectivity index (χ0v) is 23.5. The van der Waals surface area contributed by atoms with Crippen LogP contribution in [0.1, 0.15) is 95.6 Å². The highest BCUT2D eigenvalue weighted by molar-refractivity contribution is 5.92. The lowest BCUT2D eigenvalue weighted by atomic mass is 9.84. The Morgan fingerprint density at radius 1 is 0.650 bits per heavy atom. The van der Waals surface area contributed by atoms with Gasteiger partial charge in [-0.1, -0.05) is 65.2 Å². The van der Waals surface area contributed by atoms with Gasteiger partial charge in [-0.2, -0.15) is 0 Å². The SMILES string of the molecule is CC(C)(C)c1cc(C#Cc2ccc(C#Cc3cc(C=O)c(O)c(C(C)(C)C)c3)c3cnccc23)cc(C=O)c1O.